The van der Waals surface area contributed by atoms with Crippen molar-refractivity contribution in [2.24, 2.45) is 4.99 Å². The molecule has 0 aliphatic heterocycles. The van der Waals surface area contributed by atoms with Crippen molar-refractivity contribution in [1.29, 1.82) is 0 Å². The van der Waals surface area contributed by atoms with Gasteiger partial charge in [-0.1, -0.05) is 36.4 Å². The average Bonchev–Trinajstić information content (AvgIpc) is 3.21. The predicted octanol–water partition coefficient (Wildman–Crippen LogP) is 6.21. The van der Waals surface area contributed by atoms with Crippen LogP contribution in [0, 0.1) is 0 Å². The summed E-state index contributed by atoms with van der Waals surface area (Å²) >= 11 is 0. The fraction of sp³-hybridized carbons (Fsp3) is 0.0769. The number of fused-ring (bicyclic) bond motifs is 1. The standard InChI is InChI=1S/C26H22N2O2/c1-2-30-23-14-7-19(8-15-23)9-16-26(29)20-10-12-22(13-11-20)27-17-21-18-28-25-6-4-3-5-24(21)25/h3-18,28H,2H2,1H3. The largest absolute Gasteiger partial charge is 0.494 e. The van der Waals surface area contributed by atoms with Gasteiger partial charge in [0.05, 0.1) is 12.3 Å². The van der Waals surface area contributed by atoms with Crippen molar-refractivity contribution in [3.8, 4) is 5.75 Å². The first-order chi connectivity index (χ1) is 14.7. The molecule has 4 aromatic rings. The molecule has 0 radical (unpaired) electrons. The Morgan fingerprint density at radius 2 is 1.77 bits per heavy atom. The molecule has 0 bridgehead atoms. The van der Waals surface area contributed by atoms with Crippen LogP contribution in [0.3, 0.4) is 0 Å². The lowest BCUT2D eigenvalue weighted by Gasteiger charge is -2.02. The summed E-state index contributed by atoms with van der Waals surface area (Å²) in [5.74, 6) is 0.779. The number of aromatic amines is 1. The SMILES string of the molecule is CCOc1ccc(C=CC(=O)c2ccc(N=Cc3c[nH]c4ccccc34)cc2)cc1. The van der Waals surface area contributed by atoms with E-state index < -0.39 is 0 Å². The van der Waals surface area contributed by atoms with Gasteiger partial charge >= 0.3 is 0 Å². The summed E-state index contributed by atoms with van der Waals surface area (Å²) in [6, 6.07) is 23.1. The van der Waals surface area contributed by atoms with Crippen LogP contribution in [-0.4, -0.2) is 23.6 Å². The van der Waals surface area contributed by atoms with Crippen LogP contribution >= 0.6 is 0 Å². The van der Waals surface area contributed by atoms with Crippen LogP contribution in [0.4, 0.5) is 5.69 Å². The topological polar surface area (TPSA) is 54.4 Å². The highest BCUT2D eigenvalue weighted by atomic mass is 16.5. The summed E-state index contributed by atoms with van der Waals surface area (Å²) in [7, 11) is 0. The van der Waals surface area contributed by atoms with E-state index in [9.17, 15) is 4.79 Å². The number of nitrogens with one attached hydrogen (secondary N) is 1. The van der Waals surface area contributed by atoms with Crippen LogP contribution in [0.15, 0.2) is 90.1 Å². The fourth-order valence-corrected chi connectivity index (χ4v) is 3.17. The average molecular weight is 394 g/mol. The maximum atomic E-state index is 12.4. The minimum atomic E-state index is -0.0453. The third kappa shape index (κ3) is 4.55. The van der Waals surface area contributed by atoms with Crippen molar-refractivity contribution in [3.05, 3.63) is 102 Å². The number of benzene rings is 3. The number of hydrogen-bond acceptors (Lipinski definition) is 3. The van der Waals surface area contributed by atoms with Gasteiger partial charge in [0.1, 0.15) is 5.75 Å². The highest BCUT2D eigenvalue weighted by Gasteiger charge is 2.03. The summed E-state index contributed by atoms with van der Waals surface area (Å²) < 4.78 is 5.43. The van der Waals surface area contributed by atoms with Gasteiger partial charge in [0.15, 0.2) is 5.78 Å². The number of rotatable bonds is 7. The van der Waals surface area contributed by atoms with E-state index in [1.165, 1.54) is 0 Å². The lowest BCUT2D eigenvalue weighted by molar-refractivity contribution is 0.104. The molecule has 30 heavy (non-hydrogen) atoms. The number of H-pyrrole nitrogens is 1. The Balaban J connectivity index is 1.41. The van der Waals surface area contributed by atoms with E-state index in [0.29, 0.717) is 12.2 Å². The smallest absolute Gasteiger partial charge is 0.185 e. The first-order valence-electron chi connectivity index (χ1n) is 9.88. The van der Waals surface area contributed by atoms with Crippen molar-refractivity contribution in [3.63, 3.8) is 0 Å². The van der Waals surface area contributed by atoms with Crippen LogP contribution in [0.5, 0.6) is 5.75 Å². The first kappa shape index (κ1) is 19.4. The number of hydrogen-bond donors (Lipinski definition) is 1. The number of carbonyl (C=O) groups excluding carboxylic acids is 1. The van der Waals surface area contributed by atoms with Gasteiger partial charge in [-0.15, -0.1) is 0 Å². The zero-order valence-corrected chi connectivity index (χ0v) is 16.7. The van der Waals surface area contributed by atoms with Gasteiger partial charge in [-0.3, -0.25) is 9.79 Å². The third-order valence-electron chi connectivity index (χ3n) is 4.74. The molecular weight excluding hydrogens is 372 g/mol. The predicted molar refractivity (Wildman–Crippen MR) is 123 cm³/mol. The van der Waals surface area contributed by atoms with E-state index in [0.717, 1.165) is 33.5 Å². The summed E-state index contributed by atoms with van der Waals surface area (Å²) in [6.45, 7) is 2.58. The molecule has 1 aromatic heterocycles. The van der Waals surface area contributed by atoms with E-state index in [1.54, 1.807) is 24.3 Å². The van der Waals surface area contributed by atoms with E-state index in [4.69, 9.17) is 4.74 Å². The van der Waals surface area contributed by atoms with Gasteiger partial charge in [-0.05, 0) is 61.0 Å². The quantitative estimate of drug-likeness (QED) is 0.230. The first-order valence-corrected chi connectivity index (χ1v) is 9.88. The molecule has 0 fully saturated rings. The van der Waals surface area contributed by atoms with Gasteiger partial charge in [-0.25, -0.2) is 0 Å². The number of ketones is 1. The Kier molecular flexibility index (Phi) is 5.85. The van der Waals surface area contributed by atoms with Crippen LogP contribution < -0.4 is 4.74 Å². The van der Waals surface area contributed by atoms with E-state index in [-0.39, 0.29) is 5.78 Å². The third-order valence-corrected chi connectivity index (χ3v) is 4.74. The molecule has 0 amide bonds. The Hall–Kier alpha value is -3.92. The summed E-state index contributed by atoms with van der Waals surface area (Å²) in [5, 5.41) is 1.13. The number of allylic oxidation sites excluding steroid dienone is 1. The molecule has 0 atom stereocenters. The van der Waals surface area contributed by atoms with Gasteiger partial charge in [0, 0.05) is 34.4 Å². The number of para-hydroxylation sites is 1. The van der Waals surface area contributed by atoms with Gasteiger partial charge in [0.2, 0.25) is 0 Å². The highest BCUT2D eigenvalue weighted by molar-refractivity contribution is 6.07. The molecular formula is C26H22N2O2. The molecule has 0 spiro atoms. The maximum absolute atomic E-state index is 12.4. The van der Waals surface area contributed by atoms with Crippen LogP contribution in [-0.2, 0) is 0 Å². The van der Waals surface area contributed by atoms with Crippen LogP contribution in [0.2, 0.25) is 0 Å². The second-order valence-electron chi connectivity index (χ2n) is 6.79. The minimum absolute atomic E-state index is 0.0453. The Morgan fingerprint density at radius 3 is 2.53 bits per heavy atom. The van der Waals surface area contributed by atoms with E-state index in [1.807, 2.05) is 73.9 Å². The number of ether oxygens (including phenoxy) is 1. The molecule has 4 heteroatoms. The normalized spacial score (nSPS) is 11.5. The molecule has 4 rings (SSSR count). The van der Waals surface area contributed by atoms with Crippen molar-refractivity contribution in [1.82, 2.24) is 4.98 Å². The second-order valence-corrected chi connectivity index (χ2v) is 6.79. The molecule has 3 aromatic carbocycles. The maximum Gasteiger partial charge on any atom is 0.185 e. The molecule has 0 unspecified atom stereocenters. The summed E-state index contributed by atoms with van der Waals surface area (Å²) in [5.41, 5.74) is 4.49. The molecule has 4 nitrogen and oxygen atoms in total. The van der Waals surface area contributed by atoms with Crippen molar-refractivity contribution < 1.29 is 9.53 Å². The molecule has 1 N–H and O–H groups in total. The molecule has 0 saturated carbocycles. The van der Waals surface area contributed by atoms with Crippen LogP contribution in [0.1, 0.15) is 28.4 Å². The van der Waals surface area contributed by atoms with Gasteiger partial charge in [0.25, 0.3) is 0 Å². The highest BCUT2D eigenvalue weighted by Crippen LogP contribution is 2.19. The zero-order valence-electron chi connectivity index (χ0n) is 16.7. The number of carbonyl (C=O) groups is 1. The zero-order chi connectivity index (χ0) is 20.8. The second kappa shape index (κ2) is 9.05. The fourth-order valence-electron chi connectivity index (χ4n) is 3.17. The Labute approximate surface area is 175 Å². The Morgan fingerprint density at radius 1 is 1.00 bits per heavy atom. The number of aromatic nitrogens is 1. The van der Waals surface area contributed by atoms with Crippen molar-refractivity contribution in [2.75, 3.05) is 6.61 Å². The van der Waals surface area contributed by atoms with E-state index in [2.05, 4.69) is 16.0 Å². The lowest BCUT2D eigenvalue weighted by Crippen LogP contribution is -1.93. The molecule has 0 saturated heterocycles. The lowest BCUT2D eigenvalue weighted by atomic mass is 10.1. The number of aliphatic imine (C=N–C) groups is 1. The van der Waals surface area contributed by atoms with Crippen molar-refractivity contribution in [2.45, 2.75) is 6.92 Å². The van der Waals surface area contributed by atoms with Gasteiger partial charge < -0.3 is 9.72 Å². The van der Waals surface area contributed by atoms with Crippen molar-refractivity contribution >= 4 is 34.7 Å². The van der Waals surface area contributed by atoms with Crippen LogP contribution in [0.25, 0.3) is 17.0 Å². The monoisotopic (exact) mass is 394 g/mol. The summed E-state index contributed by atoms with van der Waals surface area (Å²) in [6.07, 6.45) is 7.17. The molecule has 1 heterocycles. The molecule has 148 valence electrons. The molecule has 0 aliphatic rings. The summed E-state index contributed by atoms with van der Waals surface area (Å²) in [4.78, 5) is 20.2. The molecule has 0 aliphatic carbocycles. The number of nitrogens with zero attached hydrogens (tertiary/aromatic N) is 1. The minimum Gasteiger partial charge on any atom is -0.494 e. The van der Waals surface area contributed by atoms with Gasteiger partial charge in [-0.2, -0.15) is 0 Å². The Bertz CT molecular complexity index is 1200. The van der Waals surface area contributed by atoms with E-state index >= 15 is 0 Å².